The first kappa shape index (κ1) is 9.52. The number of aromatic amines is 1. The Kier molecular flexibility index (Phi) is 2.42. The van der Waals surface area contributed by atoms with E-state index in [0.717, 1.165) is 11.2 Å². The van der Waals surface area contributed by atoms with E-state index >= 15 is 0 Å². The third-order valence-corrected chi connectivity index (χ3v) is 2.25. The van der Waals surface area contributed by atoms with Crippen LogP contribution in [0.2, 0.25) is 0 Å². The highest BCUT2D eigenvalue weighted by Gasteiger charge is 2.15. The van der Waals surface area contributed by atoms with Crippen molar-refractivity contribution >= 4 is 12.2 Å². The van der Waals surface area contributed by atoms with Gasteiger partial charge in [-0.3, -0.25) is 4.68 Å². The molecule has 0 spiro atoms. The number of hydrogen-bond donors (Lipinski definition) is 1. The molecule has 0 aliphatic rings. The van der Waals surface area contributed by atoms with Gasteiger partial charge in [0, 0.05) is 17.7 Å². The second-order valence-corrected chi connectivity index (χ2v) is 4.42. The monoisotopic (exact) mass is 184 g/mol. The summed E-state index contributed by atoms with van der Waals surface area (Å²) in [6, 6.07) is 2.04. The van der Waals surface area contributed by atoms with Gasteiger partial charge in [-0.05, 0) is 13.0 Å². The number of aryl methyl sites for hydroxylation is 1. The molecule has 0 unspecified atom stereocenters. The van der Waals surface area contributed by atoms with E-state index in [2.05, 4.69) is 32.8 Å². The zero-order chi connectivity index (χ0) is 9.35. The minimum atomic E-state index is 0.161. The van der Waals surface area contributed by atoms with E-state index < -0.39 is 0 Å². The van der Waals surface area contributed by atoms with Gasteiger partial charge in [0.1, 0.15) is 4.64 Å². The van der Waals surface area contributed by atoms with Gasteiger partial charge in [0.15, 0.2) is 0 Å². The maximum atomic E-state index is 5.17. The Morgan fingerprint density at radius 2 is 2.08 bits per heavy atom. The second kappa shape index (κ2) is 3.05. The molecule has 0 saturated heterocycles. The van der Waals surface area contributed by atoms with Gasteiger partial charge in [0.05, 0.1) is 0 Å². The van der Waals surface area contributed by atoms with Crippen molar-refractivity contribution in [2.45, 2.75) is 39.7 Å². The molecule has 12 heavy (non-hydrogen) atoms. The molecule has 1 aromatic heterocycles. The highest BCUT2D eigenvalue weighted by atomic mass is 32.1. The van der Waals surface area contributed by atoms with Crippen molar-refractivity contribution in [2.24, 2.45) is 0 Å². The Morgan fingerprint density at radius 3 is 2.33 bits per heavy atom. The molecular weight excluding hydrogens is 168 g/mol. The van der Waals surface area contributed by atoms with E-state index in [4.69, 9.17) is 12.2 Å². The number of rotatable bonds is 1. The van der Waals surface area contributed by atoms with Crippen molar-refractivity contribution in [3.05, 3.63) is 16.4 Å². The first-order valence-corrected chi connectivity index (χ1v) is 4.66. The second-order valence-electron chi connectivity index (χ2n) is 4.00. The minimum Gasteiger partial charge on any atom is -0.301 e. The van der Waals surface area contributed by atoms with E-state index in [1.807, 2.05) is 10.7 Å². The van der Waals surface area contributed by atoms with E-state index in [1.165, 1.54) is 5.69 Å². The lowest BCUT2D eigenvalue weighted by Crippen LogP contribution is -2.12. The minimum absolute atomic E-state index is 0.161. The average Bonchev–Trinajstić information content (AvgIpc) is 2.29. The SMILES string of the molecule is CCn1[nH]c(C(C)(C)C)cc1=S. The quantitative estimate of drug-likeness (QED) is 0.666. The lowest BCUT2D eigenvalue weighted by Gasteiger charge is -2.15. The topological polar surface area (TPSA) is 20.7 Å². The van der Waals surface area contributed by atoms with E-state index in [-0.39, 0.29) is 5.41 Å². The van der Waals surface area contributed by atoms with Crippen LogP contribution in [-0.4, -0.2) is 9.78 Å². The Hall–Kier alpha value is -0.570. The zero-order valence-electron chi connectivity index (χ0n) is 8.14. The summed E-state index contributed by atoms with van der Waals surface area (Å²) in [7, 11) is 0. The van der Waals surface area contributed by atoms with Crippen molar-refractivity contribution < 1.29 is 0 Å². The maximum Gasteiger partial charge on any atom is 0.122 e. The van der Waals surface area contributed by atoms with E-state index in [0.29, 0.717) is 0 Å². The van der Waals surface area contributed by atoms with Crippen molar-refractivity contribution in [3.8, 4) is 0 Å². The van der Waals surface area contributed by atoms with Crippen LogP contribution in [0.3, 0.4) is 0 Å². The first-order valence-electron chi connectivity index (χ1n) is 4.25. The predicted molar refractivity (Wildman–Crippen MR) is 54.0 cm³/mol. The Labute approximate surface area is 78.6 Å². The summed E-state index contributed by atoms with van der Waals surface area (Å²) in [5.41, 5.74) is 1.36. The summed E-state index contributed by atoms with van der Waals surface area (Å²) in [6.45, 7) is 9.52. The summed E-state index contributed by atoms with van der Waals surface area (Å²) >= 11 is 5.17. The Balaban J connectivity index is 3.14. The molecule has 1 N–H and O–H groups in total. The summed E-state index contributed by atoms with van der Waals surface area (Å²) in [5, 5.41) is 3.28. The smallest absolute Gasteiger partial charge is 0.122 e. The van der Waals surface area contributed by atoms with Crippen LogP contribution in [0, 0.1) is 4.64 Å². The van der Waals surface area contributed by atoms with Crippen LogP contribution in [0.15, 0.2) is 6.07 Å². The zero-order valence-corrected chi connectivity index (χ0v) is 8.96. The molecule has 1 heterocycles. The van der Waals surface area contributed by atoms with Gasteiger partial charge in [-0.15, -0.1) is 0 Å². The third kappa shape index (κ3) is 1.78. The fourth-order valence-electron chi connectivity index (χ4n) is 1.05. The lowest BCUT2D eigenvalue weighted by atomic mass is 9.93. The number of aromatic nitrogens is 2. The number of nitrogens with one attached hydrogen (secondary N) is 1. The summed E-state index contributed by atoms with van der Waals surface area (Å²) in [4.78, 5) is 0. The molecule has 1 rings (SSSR count). The predicted octanol–water partition coefficient (Wildman–Crippen LogP) is 2.86. The Morgan fingerprint density at radius 1 is 1.50 bits per heavy atom. The molecular formula is C9H16N2S. The highest BCUT2D eigenvalue weighted by Crippen LogP contribution is 2.20. The molecule has 0 bridgehead atoms. The molecule has 0 amide bonds. The normalized spacial score (nSPS) is 12.0. The molecule has 0 aliphatic heterocycles. The summed E-state index contributed by atoms with van der Waals surface area (Å²) in [5.74, 6) is 0. The van der Waals surface area contributed by atoms with Crippen LogP contribution in [0.4, 0.5) is 0 Å². The van der Waals surface area contributed by atoms with Crippen LogP contribution in [0.1, 0.15) is 33.4 Å². The van der Waals surface area contributed by atoms with Gasteiger partial charge in [0.25, 0.3) is 0 Å². The Bertz CT molecular complexity index is 314. The number of nitrogens with zero attached hydrogens (tertiary/aromatic N) is 1. The first-order chi connectivity index (χ1) is 5.45. The van der Waals surface area contributed by atoms with Crippen LogP contribution >= 0.6 is 12.2 Å². The van der Waals surface area contributed by atoms with Crippen molar-refractivity contribution in [1.29, 1.82) is 0 Å². The van der Waals surface area contributed by atoms with Crippen LogP contribution in [0.5, 0.6) is 0 Å². The van der Waals surface area contributed by atoms with Crippen LogP contribution < -0.4 is 0 Å². The third-order valence-electron chi connectivity index (χ3n) is 1.91. The maximum absolute atomic E-state index is 5.17. The van der Waals surface area contributed by atoms with Crippen molar-refractivity contribution in [2.75, 3.05) is 0 Å². The number of H-pyrrole nitrogens is 1. The van der Waals surface area contributed by atoms with Gasteiger partial charge < -0.3 is 5.10 Å². The lowest BCUT2D eigenvalue weighted by molar-refractivity contribution is 0.540. The molecule has 0 atom stereocenters. The summed E-state index contributed by atoms with van der Waals surface area (Å²) < 4.78 is 2.87. The van der Waals surface area contributed by atoms with Gasteiger partial charge in [0.2, 0.25) is 0 Å². The van der Waals surface area contributed by atoms with Crippen molar-refractivity contribution in [1.82, 2.24) is 9.78 Å². The van der Waals surface area contributed by atoms with E-state index in [9.17, 15) is 0 Å². The van der Waals surface area contributed by atoms with E-state index in [1.54, 1.807) is 0 Å². The summed E-state index contributed by atoms with van der Waals surface area (Å²) in [6.07, 6.45) is 0. The molecule has 0 saturated carbocycles. The molecule has 2 nitrogen and oxygen atoms in total. The van der Waals surface area contributed by atoms with Gasteiger partial charge in [-0.1, -0.05) is 33.0 Å². The largest absolute Gasteiger partial charge is 0.301 e. The standard InChI is InChI=1S/C9H16N2S/c1-5-11-8(12)6-7(10-11)9(2,3)4/h6,10H,5H2,1-4H3. The molecule has 1 aromatic rings. The molecule has 0 aromatic carbocycles. The van der Waals surface area contributed by atoms with Gasteiger partial charge >= 0.3 is 0 Å². The molecule has 0 radical (unpaired) electrons. The molecule has 0 fully saturated rings. The fourth-order valence-corrected chi connectivity index (χ4v) is 1.35. The fraction of sp³-hybridized carbons (Fsp3) is 0.667. The highest BCUT2D eigenvalue weighted by molar-refractivity contribution is 7.71. The van der Waals surface area contributed by atoms with Gasteiger partial charge in [-0.25, -0.2) is 0 Å². The average molecular weight is 184 g/mol. The van der Waals surface area contributed by atoms with Crippen LogP contribution in [0.25, 0.3) is 0 Å². The molecule has 0 aliphatic carbocycles. The molecule has 3 heteroatoms. The van der Waals surface area contributed by atoms with Crippen molar-refractivity contribution in [3.63, 3.8) is 0 Å². The van der Waals surface area contributed by atoms with Gasteiger partial charge in [-0.2, -0.15) is 0 Å². The number of hydrogen-bond acceptors (Lipinski definition) is 1. The van der Waals surface area contributed by atoms with Crippen LogP contribution in [-0.2, 0) is 12.0 Å². The molecule has 68 valence electrons.